The summed E-state index contributed by atoms with van der Waals surface area (Å²) in [6.07, 6.45) is 0.0771. The number of thioether (sulfide) groups is 1. The van der Waals surface area contributed by atoms with Crippen LogP contribution in [0.3, 0.4) is 0 Å². The van der Waals surface area contributed by atoms with Gasteiger partial charge in [0.05, 0.1) is 12.6 Å². The highest BCUT2D eigenvalue weighted by Crippen LogP contribution is 2.21. The second-order valence-electron chi connectivity index (χ2n) is 5.45. The molecule has 0 saturated carbocycles. The normalized spacial score (nSPS) is 12.6. The SMILES string of the molecule is COC(C)CSc1nc(N)c2[nH]c(=O)n(Cc3ccccc3)c2n1. The summed E-state index contributed by atoms with van der Waals surface area (Å²) in [4.78, 5) is 23.8. The number of nitrogens with one attached hydrogen (secondary N) is 1. The Kier molecular flexibility index (Phi) is 4.86. The van der Waals surface area contributed by atoms with E-state index in [1.807, 2.05) is 37.3 Å². The quantitative estimate of drug-likeness (QED) is 0.523. The average molecular weight is 345 g/mol. The summed E-state index contributed by atoms with van der Waals surface area (Å²) < 4.78 is 6.80. The number of hydrogen-bond acceptors (Lipinski definition) is 6. The number of imidazole rings is 1. The summed E-state index contributed by atoms with van der Waals surface area (Å²) in [6.45, 7) is 2.39. The zero-order chi connectivity index (χ0) is 17.1. The number of methoxy groups -OCH3 is 1. The Balaban J connectivity index is 1.98. The maximum atomic E-state index is 12.3. The van der Waals surface area contributed by atoms with Crippen molar-refractivity contribution in [3.63, 3.8) is 0 Å². The lowest BCUT2D eigenvalue weighted by molar-refractivity contribution is 0.138. The van der Waals surface area contributed by atoms with Gasteiger partial charge >= 0.3 is 5.69 Å². The Labute approximate surface area is 143 Å². The minimum atomic E-state index is -0.248. The highest BCUT2D eigenvalue weighted by atomic mass is 32.2. The van der Waals surface area contributed by atoms with Crippen LogP contribution in [0.4, 0.5) is 5.82 Å². The number of fused-ring (bicyclic) bond motifs is 1. The van der Waals surface area contributed by atoms with Crippen molar-refractivity contribution in [3.8, 4) is 0 Å². The van der Waals surface area contributed by atoms with Gasteiger partial charge in [0.25, 0.3) is 0 Å². The van der Waals surface area contributed by atoms with Gasteiger partial charge in [-0.25, -0.2) is 14.8 Å². The van der Waals surface area contributed by atoms with E-state index in [0.717, 1.165) is 5.56 Å². The lowest BCUT2D eigenvalue weighted by atomic mass is 10.2. The van der Waals surface area contributed by atoms with Crippen LogP contribution in [0.25, 0.3) is 11.2 Å². The molecule has 2 heterocycles. The van der Waals surface area contributed by atoms with Crippen LogP contribution < -0.4 is 11.4 Å². The molecule has 0 spiro atoms. The molecular weight excluding hydrogens is 326 g/mol. The van der Waals surface area contributed by atoms with Crippen molar-refractivity contribution in [1.82, 2.24) is 19.5 Å². The molecule has 7 nitrogen and oxygen atoms in total. The van der Waals surface area contributed by atoms with Crippen molar-refractivity contribution in [1.29, 1.82) is 0 Å². The average Bonchev–Trinajstić information content (AvgIpc) is 2.90. The number of nitrogen functional groups attached to an aromatic ring is 1. The molecule has 0 aliphatic heterocycles. The summed E-state index contributed by atoms with van der Waals surface area (Å²) >= 11 is 1.45. The molecule has 0 bridgehead atoms. The van der Waals surface area contributed by atoms with E-state index in [2.05, 4.69) is 15.0 Å². The predicted molar refractivity (Wildman–Crippen MR) is 95.3 cm³/mol. The van der Waals surface area contributed by atoms with Crippen LogP contribution >= 0.6 is 11.8 Å². The van der Waals surface area contributed by atoms with E-state index in [1.165, 1.54) is 11.8 Å². The number of hydrogen-bond donors (Lipinski definition) is 2. The van der Waals surface area contributed by atoms with Crippen molar-refractivity contribution in [2.75, 3.05) is 18.6 Å². The molecule has 0 radical (unpaired) electrons. The van der Waals surface area contributed by atoms with Crippen LogP contribution in [0.15, 0.2) is 40.3 Å². The zero-order valence-electron chi connectivity index (χ0n) is 13.5. The molecule has 2 aromatic heterocycles. The molecule has 8 heteroatoms. The van der Waals surface area contributed by atoms with E-state index in [4.69, 9.17) is 10.5 Å². The summed E-state index contributed by atoms with van der Waals surface area (Å²) in [5, 5.41) is 0.532. The van der Waals surface area contributed by atoms with Crippen molar-refractivity contribution < 1.29 is 4.74 Å². The fraction of sp³-hybridized carbons (Fsp3) is 0.312. The fourth-order valence-electron chi connectivity index (χ4n) is 2.27. The van der Waals surface area contributed by atoms with Crippen LogP contribution in [-0.2, 0) is 11.3 Å². The number of aromatic amines is 1. The van der Waals surface area contributed by atoms with Gasteiger partial charge in [-0.3, -0.25) is 4.57 Å². The number of ether oxygens (including phenoxy) is 1. The van der Waals surface area contributed by atoms with Gasteiger partial charge in [0, 0.05) is 12.9 Å². The molecule has 3 aromatic rings. The predicted octanol–water partition coefficient (Wildman–Crippen LogP) is 1.88. The third kappa shape index (κ3) is 3.44. The fourth-order valence-corrected chi connectivity index (χ4v) is 3.10. The molecule has 3 rings (SSSR count). The Bertz CT molecular complexity index is 891. The molecule has 1 unspecified atom stereocenters. The molecule has 126 valence electrons. The number of H-pyrrole nitrogens is 1. The largest absolute Gasteiger partial charge is 0.382 e. The highest BCUT2D eigenvalue weighted by Gasteiger charge is 2.15. The third-order valence-electron chi connectivity index (χ3n) is 3.66. The van der Waals surface area contributed by atoms with Gasteiger partial charge in [-0.1, -0.05) is 42.1 Å². The monoisotopic (exact) mass is 345 g/mol. The zero-order valence-corrected chi connectivity index (χ0v) is 14.3. The van der Waals surface area contributed by atoms with Crippen molar-refractivity contribution >= 4 is 28.7 Å². The van der Waals surface area contributed by atoms with Crippen molar-refractivity contribution in [2.45, 2.75) is 24.7 Å². The van der Waals surface area contributed by atoms with Crippen LogP contribution in [0.2, 0.25) is 0 Å². The van der Waals surface area contributed by atoms with E-state index in [0.29, 0.717) is 28.6 Å². The Morgan fingerprint density at radius 2 is 2.08 bits per heavy atom. The number of nitrogens with zero attached hydrogens (tertiary/aromatic N) is 3. The molecule has 0 aliphatic rings. The maximum Gasteiger partial charge on any atom is 0.328 e. The van der Waals surface area contributed by atoms with E-state index >= 15 is 0 Å². The standard InChI is InChI=1S/C16H19N5O2S/c1-10(23-2)9-24-15-19-13(17)12-14(20-15)21(16(22)18-12)8-11-6-4-3-5-7-11/h3-7,10H,8-9H2,1-2H3,(H,18,22)(H2,17,19,20). The topological polar surface area (TPSA) is 98.8 Å². The first kappa shape index (κ1) is 16.5. The van der Waals surface area contributed by atoms with Crippen LogP contribution in [0.1, 0.15) is 12.5 Å². The molecule has 1 atom stereocenters. The highest BCUT2D eigenvalue weighted by molar-refractivity contribution is 7.99. The van der Waals surface area contributed by atoms with Gasteiger partial charge in [0.1, 0.15) is 5.52 Å². The Morgan fingerprint density at radius 3 is 2.79 bits per heavy atom. The molecule has 24 heavy (non-hydrogen) atoms. The smallest absolute Gasteiger partial charge is 0.328 e. The van der Waals surface area contributed by atoms with Gasteiger partial charge in [0.15, 0.2) is 16.6 Å². The minimum Gasteiger partial charge on any atom is -0.382 e. The van der Waals surface area contributed by atoms with Crippen LogP contribution in [0.5, 0.6) is 0 Å². The Hall–Kier alpha value is -2.32. The van der Waals surface area contributed by atoms with Crippen molar-refractivity contribution in [2.24, 2.45) is 0 Å². The van der Waals surface area contributed by atoms with E-state index in [1.54, 1.807) is 11.7 Å². The van der Waals surface area contributed by atoms with E-state index in [-0.39, 0.29) is 17.6 Å². The number of nitrogens with two attached hydrogens (primary N) is 1. The summed E-state index contributed by atoms with van der Waals surface area (Å²) in [6, 6.07) is 9.74. The van der Waals surface area contributed by atoms with Gasteiger partial charge in [0.2, 0.25) is 0 Å². The molecule has 0 fully saturated rings. The van der Waals surface area contributed by atoms with Gasteiger partial charge in [-0.15, -0.1) is 0 Å². The molecule has 0 aliphatic carbocycles. The van der Waals surface area contributed by atoms with E-state index in [9.17, 15) is 4.79 Å². The number of anilines is 1. The number of rotatable bonds is 6. The van der Waals surface area contributed by atoms with Crippen molar-refractivity contribution in [3.05, 3.63) is 46.4 Å². The lowest BCUT2D eigenvalue weighted by Crippen LogP contribution is -2.17. The first-order valence-corrected chi connectivity index (χ1v) is 8.52. The first-order valence-electron chi connectivity index (χ1n) is 7.54. The molecule has 0 amide bonds. The molecule has 0 saturated heterocycles. The van der Waals surface area contributed by atoms with Gasteiger partial charge in [-0.05, 0) is 12.5 Å². The molecular formula is C16H19N5O2S. The number of benzene rings is 1. The summed E-state index contributed by atoms with van der Waals surface area (Å²) in [5.74, 6) is 0.978. The van der Waals surface area contributed by atoms with Crippen LogP contribution in [-0.4, -0.2) is 38.5 Å². The minimum absolute atomic E-state index is 0.0771. The third-order valence-corrected chi connectivity index (χ3v) is 4.74. The van der Waals surface area contributed by atoms with Crippen LogP contribution in [0, 0.1) is 0 Å². The molecule has 3 N–H and O–H groups in total. The number of aromatic nitrogens is 4. The second-order valence-corrected chi connectivity index (χ2v) is 6.44. The lowest BCUT2D eigenvalue weighted by Gasteiger charge is -2.08. The first-order chi connectivity index (χ1) is 11.6. The summed E-state index contributed by atoms with van der Waals surface area (Å²) in [5.41, 5.74) is 7.75. The maximum absolute atomic E-state index is 12.3. The second kappa shape index (κ2) is 7.06. The van der Waals surface area contributed by atoms with Gasteiger partial charge in [-0.2, -0.15) is 0 Å². The summed E-state index contributed by atoms with van der Waals surface area (Å²) in [7, 11) is 1.66. The van der Waals surface area contributed by atoms with Gasteiger partial charge < -0.3 is 15.5 Å². The Morgan fingerprint density at radius 1 is 1.33 bits per heavy atom. The van der Waals surface area contributed by atoms with E-state index < -0.39 is 0 Å². The molecule has 1 aromatic carbocycles.